The van der Waals surface area contributed by atoms with Crippen LogP contribution in [-0.4, -0.2) is 26.6 Å². The maximum Gasteiger partial charge on any atom is 0.229 e. The summed E-state index contributed by atoms with van der Waals surface area (Å²) in [6, 6.07) is 16.9. The van der Waals surface area contributed by atoms with E-state index < -0.39 is 6.10 Å². The number of nitrogens with zero attached hydrogens (tertiary/aromatic N) is 3. The Morgan fingerprint density at radius 3 is 2.52 bits per heavy atom. The third kappa shape index (κ3) is 4.24. The zero-order valence-electron chi connectivity index (χ0n) is 12.4. The standard InChI is InChI=1S/C17H17N5O/c23-15(14-8-4-5-10-18-14)12-20-16-9-11-19-17(22-16)21-13-6-2-1-3-7-13/h1-11,15,23H,12H2,(H2,19,20,21,22). The van der Waals surface area contributed by atoms with Crippen molar-refractivity contribution in [3.8, 4) is 0 Å². The van der Waals surface area contributed by atoms with Crippen LogP contribution in [0.25, 0.3) is 0 Å². The number of hydrogen-bond donors (Lipinski definition) is 3. The number of aliphatic hydroxyl groups is 1. The van der Waals surface area contributed by atoms with Crippen molar-refractivity contribution in [2.75, 3.05) is 17.2 Å². The Morgan fingerprint density at radius 1 is 0.913 bits per heavy atom. The van der Waals surface area contributed by atoms with Gasteiger partial charge in [0.15, 0.2) is 0 Å². The van der Waals surface area contributed by atoms with Crippen molar-refractivity contribution in [1.29, 1.82) is 0 Å². The average Bonchev–Trinajstić information content (AvgIpc) is 2.62. The van der Waals surface area contributed by atoms with Crippen molar-refractivity contribution in [1.82, 2.24) is 15.0 Å². The minimum Gasteiger partial charge on any atom is -0.385 e. The van der Waals surface area contributed by atoms with Crippen molar-refractivity contribution in [2.45, 2.75) is 6.10 Å². The molecule has 0 aliphatic carbocycles. The Kier molecular flexibility index (Phi) is 4.76. The summed E-state index contributed by atoms with van der Waals surface area (Å²) in [5, 5.41) is 16.3. The largest absolute Gasteiger partial charge is 0.385 e. The molecule has 2 aromatic heterocycles. The third-order valence-corrected chi connectivity index (χ3v) is 3.19. The van der Waals surface area contributed by atoms with Crippen LogP contribution in [0.15, 0.2) is 67.0 Å². The van der Waals surface area contributed by atoms with E-state index in [1.165, 1.54) is 0 Å². The second kappa shape index (κ2) is 7.33. The Hall–Kier alpha value is -2.99. The monoisotopic (exact) mass is 307 g/mol. The van der Waals surface area contributed by atoms with Crippen LogP contribution in [0.2, 0.25) is 0 Å². The number of aromatic nitrogens is 3. The quantitative estimate of drug-likeness (QED) is 0.649. The van der Waals surface area contributed by atoms with Crippen LogP contribution >= 0.6 is 0 Å². The molecule has 0 amide bonds. The van der Waals surface area contributed by atoms with Gasteiger partial charge in [-0.05, 0) is 30.3 Å². The zero-order chi connectivity index (χ0) is 15.9. The number of hydrogen-bond acceptors (Lipinski definition) is 6. The Morgan fingerprint density at radius 2 is 1.74 bits per heavy atom. The van der Waals surface area contributed by atoms with Gasteiger partial charge < -0.3 is 15.7 Å². The highest BCUT2D eigenvalue weighted by molar-refractivity contribution is 5.54. The molecule has 23 heavy (non-hydrogen) atoms. The molecule has 0 aliphatic rings. The van der Waals surface area contributed by atoms with Gasteiger partial charge in [-0.3, -0.25) is 4.98 Å². The summed E-state index contributed by atoms with van der Waals surface area (Å²) in [4.78, 5) is 12.7. The molecular weight excluding hydrogens is 290 g/mol. The predicted octanol–water partition coefficient (Wildman–Crippen LogP) is 2.76. The lowest BCUT2D eigenvalue weighted by Gasteiger charge is -2.12. The molecule has 3 aromatic rings. The van der Waals surface area contributed by atoms with Crippen LogP contribution in [0.4, 0.5) is 17.5 Å². The summed E-state index contributed by atoms with van der Waals surface area (Å²) < 4.78 is 0. The lowest BCUT2D eigenvalue weighted by Crippen LogP contribution is -2.14. The number of aliphatic hydroxyl groups excluding tert-OH is 1. The van der Waals surface area contributed by atoms with E-state index in [4.69, 9.17) is 0 Å². The van der Waals surface area contributed by atoms with Gasteiger partial charge in [0.2, 0.25) is 5.95 Å². The van der Waals surface area contributed by atoms with E-state index in [1.807, 2.05) is 42.5 Å². The van der Waals surface area contributed by atoms with Gasteiger partial charge in [-0.1, -0.05) is 24.3 Å². The minimum absolute atomic E-state index is 0.318. The molecule has 116 valence electrons. The molecule has 2 heterocycles. The number of para-hydroxylation sites is 1. The molecule has 3 N–H and O–H groups in total. The van der Waals surface area contributed by atoms with Crippen LogP contribution < -0.4 is 10.6 Å². The molecule has 0 spiro atoms. The summed E-state index contributed by atoms with van der Waals surface area (Å²) in [5.74, 6) is 1.13. The van der Waals surface area contributed by atoms with E-state index in [-0.39, 0.29) is 0 Å². The van der Waals surface area contributed by atoms with Crippen molar-refractivity contribution < 1.29 is 5.11 Å². The first-order chi connectivity index (χ1) is 11.3. The first-order valence-corrected chi connectivity index (χ1v) is 7.29. The maximum atomic E-state index is 10.1. The molecule has 6 heteroatoms. The van der Waals surface area contributed by atoms with Gasteiger partial charge in [-0.2, -0.15) is 4.98 Å². The number of pyridine rings is 1. The van der Waals surface area contributed by atoms with Gasteiger partial charge in [0.25, 0.3) is 0 Å². The molecule has 0 fully saturated rings. The molecular formula is C17H17N5O. The minimum atomic E-state index is -0.698. The number of rotatable bonds is 6. The van der Waals surface area contributed by atoms with Crippen LogP contribution in [0.1, 0.15) is 11.8 Å². The average molecular weight is 307 g/mol. The number of nitrogens with one attached hydrogen (secondary N) is 2. The highest BCUT2D eigenvalue weighted by Gasteiger charge is 2.08. The number of benzene rings is 1. The van der Waals surface area contributed by atoms with Gasteiger partial charge >= 0.3 is 0 Å². The van der Waals surface area contributed by atoms with E-state index >= 15 is 0 Å². The lowest BCUT2D eigenvalue weighted by molar-refractivity contribution is 0.186. The number of anilines is 3. The molecule has 1 aromatic carbocycles. The summed E-state index contributed by atoms with van der Waals surface area (Å²) in [7, 11) is 0. The van der Waals surface area contributed by atoms with Crippen molar-refractivity contribution in [3.05, 3.63) is 72.7 Å². The predicted molar refractivity (Wildman–Crippen MR) is 89.4 cm³/mol. The van der Waals surface area contributed by atoms with Crippen LogP contribution in [0.5, 0.6) is 0 Å². The Bertz CT molecular complexity index is 736. The second-order valence-electron chi connectivity index (χ2n) is 4.91. The maximum absolute atomic E-state index is 10.1. The van der Waals surface area contributed by atoms with Crippen LogP contribution in [0, 0.1) is 0 Å². The molecule has 0 radical (unpaired) electrons. The zero-order valence-corrected chi connectivity index (χ0v) is 12.4. The fourth-order valence-corrected chi connectivity index (χ4v) is 2.05. The Balaban J connectivity index is 1.61. The van der Waals surface area contributed by atoms with Crippen LogP contribution in [0.3, 0.4) is 0 Å². The summed E-state index contributed by atoms with van der Waals surface area (Å²) in [5.41, 5.74) is 1.54. The van der Waals surface area contributed by atoms with E-state index in [0.717, 1.165) is 5.69 Å². The molecule has 0 aliphatic heterocycles. The summed E-state index contributed by atoms with van der Waals surface area (Å²) in [6.45, 7) is 0.318. The molecule has 0 bridgehead atoms. The molecule has 1 unspecified atom stereocenters. The second-order valence-corrected chi connectivity index (χ2v) is 4.91. The first kappa shape index (κ1) is 14.9. The summed E-state index contributed by atoms with van der Waals surface area (Å²) in [6.07, 6.45) is 2.62. The van der Waals surface area contributed by atoms with E-state index in [1.54, 1.807) is 24.5 Å². The molecule has 6 nitrogen and oxygen atoms in total. The van der Waals surface area contributed by atoms with Gasteiger partial charge in [0, 0.05) is 24.6 Å². The van der Waals surface area contributed by atoms with Gasteiger partial charge in [-0.25, -0.2) is 4.98 Å². The van der Waals surface area contributed by atoms with Crippen molar-refractivity contribution in [3.63, 3.8) is 0 Å². The smallest absolute Gasteiger partial charge is 0.229 e. The van der Waals surface area contributed by atoms with E-state index in [0.29, 0.717) is 24.0 Å². The molecule has 1 atom stereocenters. The van der Waals surface area contributed by atoms with Crippen molar-refractivity contribution >= 4 is 17.5 Å². The molecule has 3 rings (SSSR count). The highest BCUT2D eigenvalue weighted by atomic mass is 16.3. The van der Waals surface area contributed by atoms with Gasteiger partial charge in [0.05, 0.1) is 5.69 Å². The molecule has 0 saturated heterocycles. The van der Waals surface area contributed by atoms with E-state index in [9.17, 15) is 5.11 Å². The fourth-order valence-electron chi connectivity index (χ4n) is 2.05. The SMILES string of the molecule is OC(CNc1ccnc(Nc2ccccc2)n1)c1ccccn1. The van der Waals surface area contributed by atoms with E-state index in [2.05, 4.69) is 25.6 Å². The van der Waals surface area contributed by atoms with Gasteiger partial charge in [-0.15, -0.1) is 0 Å². The lowest BCUT2D eigenvalue weighted by atomic mass is 10.2. The normalized spacial score (nSPS) is 11.7. The topological polar surface area (TPSA) is 83.0 Å². The molecule has 0 saturated carbocycles. The van der Waals surface area contributed by atoms with Crippen LogP contribution in [-0.2, 0) is 0 Å². The first-order valence-electron chi connectivity index (χ1n) is 7.29. The van der Waals surface area contributed by atoms with Gasteiger partial charge in [0.1, 0.15) is 11.9 Å². The highest BCUT2D eigenvalue weighted by Crippen LogP contribution is 2.14. The summed E-state index contributed by atoms with van der Waals surface area (Å²) >= 11 is 0. The van der Waals surface area contributed by atoms with Crippen molar-refractivity contribution in [2.24, 2.45) is 0 Å². The Labute approximate surface area is 134 Å². The fraction of sp³-hybridized carbons (Fsp3) is 0.118. The third-order valence-electron chi connectivity index (χ3n) is 3.19.